The van der Waals surface area contributed by atoms with Crippen LogP contribution in [0, 0.1) is 0 Å². The third-order valence-corrected chi connectivity index (χ3v) is 5.86. The minimum absolute atomic E-state index is 0.0503. The molecule has 0 unspecified atom stereocenters. The van der Waals surface area contributed by atoms with Crippen LogP contribution in [0.25, 0.3) is 0 Å². The van der Waals surface area contributed by atoms with E-state index in [0.29, 0.717) is 23.8 Å². The second-order valence-corrected chi connectivity index (χ2v) is 7.55. The highest BCUT2D eigenvalue weighted by molar-refractivity contribution is 8.03. The molecule has 2 aromatic rings. The fraction of sp³-hybridized carbons (Fsp3) is 0.357. The van der Waals surface area contributed by atoms with E-state index in [1.54, 1.807) is 26.0 Å². The van der Waals surface area contributed by atoms with Gasteiger partial charge < -0.3 is 14.8 Å². The maximum absolute atomic E-state index is 11.9. The molecule has 0 radical (unpaired) electrons. The first kappa shape index (κ1) is 17.9. The van der Waals surface area contributed by atoms with Crippen LogP contribution in [-0.4, -0.2) is 42.3 Å². The van der Waals surface area contributed by atoms with Crippen LogP contribution in [0.1, 0.15) is 5.56 Å². The molecule has 1 aromatic heterocycles. The van der Waals surface area contributed by atoms with Crippen molar-refractivity contribution < 1.29 is 14.3 Å². The average molecular weight is 372 g/mol. The highest BCUT2D eigenvalue weighted by atomic mass is 32.2. The lowest BCUT2D eigenvalue weighted by Crippen LogP contribution is -2.24. The van der Waals surface area contributed by atoms with Crippen molar-refractivity contribution in [3.63, 3.8) is 0 Å². The van der Waals surface area contributed by atoms with Gasteiger partial charge in [-0.3, -0.25) is 4.79 Å². The molecule has 0 fully saturated rings. The van der Waals surface area contributed by atoms with E-state index in [-0.39, 0.29) is 5.91 Å². The molecule has 0 aliphatic carbocycles. The van der Waals surface area contributed by atoms with Gasteiger partial charge in [-0.05, 0) is 24.0 Å². The van der Waals surface area contributed by atoms with E-state index in [9.17, 15) is 4.79 Å². The molecular formula is C14H17N3O3S3. The van der Waals surface area contributed by atoms with Gasteiger partial charge in [-0.1, -0.05) is 40.9 Å². The van der Waals surface area contributed by atoms with Gasteiger partial charge in [0.1, 0.15) is 0 Å². The van der Waals surface area contributed by atoms with Crippen molar-refractivity contribution in [1.82, 2.24) is 15.5 Å². The summed E-state index contributed by atoms with van der Waals surface area (Å²) in [5, 5.41) is 10.9. The summed E-state index contributed by atoms with van der Waals surface area (Å²) < 4.78 is 12.1. The Morgan fingerprint density at radius 2 is 1.96 bits per heavy atom. The lowest BCUT2D eigenvalue weighted by molar-refractivity contribution is -0.118. The maximum Gasteiger partial charge on any atom is 0.230 e. The minimum atomic E-state index is -0.0503. The van der Waals surface area contributed by atoms with E-state index >= 15 is 0 Å². The largest absolute Gasteiger partial charge is 0.493 e. The molecule has 0 aliphatic rings. The number of aromatic nitrogens is 2. The summed E-state index contributed by atoms with van der Waals surface area (Å²) in [5.74, 6) is 1.58. The molecule has 1 aromatic carbocycles. The molecule has 6 nitrogen and oxygen atoms in total. The fourth-order valence-electron chi connectivity index (χ4n) is 1.71. The zero-order chi connectivity index (χ0) is 16.7. The minimum Gasteiger partial charge on any atom is -0.493 e. The zero-order valence-electron chi connectivity index (χ0n) is 13.0. The van der Waals surface area contributed by atoms with Crippen LogP contribution >= 0.6 is 34.9 Å². The summed E-state index contributed by atoms with van der Waals surface area (Å²) in [6, 6.07) is 5.56. The number of nitrogens with one attached hydrogen (secondary N) is 1. The summed E-state index contributed by atoms with van der Waals surface area (Å²) >= 11 is 4.43. The maximum atomic E-state index is 11.9. The summed E-state index contributed by atoms with van der Waals surface area (Å²) in [4.78, 5) is 11.9. The Hall–Kier alpha value is -1.45. The molecule has 1 N–H and O–H groups in total. The number of carbonyl (C=O) groups excluding carboxylic acids is 1. The quantitative estimate of drug-likeness (QED) is 0.715. The summed E-state index contributed by atoms with van der Waals surface area (Å²) in [6.07, 6.45) is 1.95. The van der Waals surface area contributed by atoms with E-state index in [4.69, 9.17) is 9.47 Å². The van der Waals surface area contributed by atoms with E-state index in [1.807, 2.05) is 24.5 Å². The Morgan fingerprint density at radius 1 is 1.22 bits per heavy atom. The number of carbonyl (C=O) groups is 1. The van der Waals surface area contributed by atoms with Gasteiger partial charge in [0.05, 0.1) is 20.0 Å². The summed E-state index contributed by atoms with van der Waals surface area (Å²) in [5.41, 5.74) is 0.946. The summed E-state index contributed by atoms with van der Waals surface area (Å²) in [6.45, 7) is 0.436. The van der Waals surface area contributed by atoms with Crippen molar-refractivity contribution >= 4 is 40.8 Å². The molecule has 0 aliphatic heterocycles. The Morgan fingerprint density at radius 3 is 2.61 bits per heavy atom. The number of methoxy groups -OCH3 is 2. The molecule has 124 valence electrons. The number of thioether (sulfide) groups is 2. The van der Waals surface area contributed by atoms with Crippen LogP contribution in [0.2, 0.25) is 0 Å². The van der Waals surface area contributed by atoms with Gasteiger partial charge in [-0.2, -0.15) is 0 Å². The average Bonchev–Trinajstić information content (AvgIpc) is 3.05. The van der Waals surface area contributed by atoms with Gasteiger partial charge in [0.15, 0.2) is 20.2 Å². The van der Waals surface area contributed by atoms with Crippen molar-refractivity contribution in [2.75, 3.05) is 26.2 Å². The second-order valence-electron chi connectivity index (χ2n) is 4.29. The molecular weight excluding hydrogens is 354 g/mol. The monoisotopic (exact) mass is 371 g/mol. The Labute approximate surface area is 147 Å². The lowest BCUT2D eigenvalue weighted by atomic mass is 10.2. The van der Waals surface area contributed by atoms with Crippen LogP contribution < -0.4 is 14.8 Å². The Bertz CT molecular complexity index is 664. The number of rotatable bonds is 8. The SMILES string of the molecule is COc1ccc(CNC(=O)CSc2nnc(SC)s2)cc1OC. The molecule has 0 spiro atoms. The van der Waals surface area contributed by atoms with Gasteiger partial charge >= 0.3 is 0 Å². The first-order valence-corrected chi connectivity index (χ1v) is 9.67. The van der Waals surface area contributed by atoms with Gasteiger partial charge in [-0.25, -0.2) is 0 Å². The van der Waals surface area contributed by atoms with Gasteiger partial charge in [0.2, 0.25) is 5.91 Å². The number of nitrogens with zero attached hydrogens (tertiary/aromatic N) is 2. The van der Waals surface area contributed by atoms with Crippen LogP contribution in [0.3, 0.4) is 0 Å². The smallest absolute Gasteiger partial charge is 0.230 e. The van der Waals surface area contributed by atoms with Gasteiger partial charge in [-0.15, -0.1) is 10.2 Å². The second kappa shape index (κ2) is 8.99. The van der Waals surface area contributed by atoms with Gasteiger partial charge in [0, 0.05) is 6.54 Å². The van der Waals surface area contributed by atoms with Gasteiger partial charge in [0.25, 0.3) is 0 Å². The van der Waals surface area contributed by atoms with Crippen molar-refractivity contribution in [3.05, 3.63) is 23.8 Å². The first-order chi connectivity index (χ1) is 11.2. The van der Waals surface area contributed by atoms with Crippen molar-refractivity contribution in [2.45, 2.75) is 15.2 Å². The van der Waals surface area contributed by atoms with E-state index in [1.165, 1.54) is 23.1 Å². The fourth-order valence-corrected chi connectivity index (χ4v) is 3.98. The van der Waals surface area contributed by atoms with Crippen molar-refractivity contribution in [3.8, 4) is 11.5 Å². The van der Waals surface area contributed by atoms with Crippen LogP contribution in [0.15, 0.2) is 26.9 Å². The Kier molecular flexibility index (Phi) is 7.00. The third kappa shape index (κ3) is 5.29. The van der Waals surface area contributed by atoms with E-state index < -0.39 is 0 Å². The lowest BCUT2D eigenvalue weighted by Gasteiger charge is -2.10. The molecule has 0 atom stereocenters. The number of benzene rings is 1. The third-order valence-electron chi connectivity index (χ3n) is 2.83. The molecule has 1 amide bonds. The molecule has 0 saturated heterocycles. The first-order valence-electron chi connectivity index (χ1n) is 6.64. The molecule has 9 heteroatoms. The molecule has 1 heterocycles. The predicted molar refractivity (Wildman–Crippen MR) is 93.8 cm³/mol. The predicted octanol–water partition coefficient (Wildman–Crippen LogP) is 2.69. The highest BCUT2D eigenvalue weighted by Gasteiger charge is 2.09. The number of amides is 1. The Balaban J connectivity index is 1.82. The van der Waals surface area contributed by atoms with Crippen LogP contribution in [-0.2, 0) is 11.3 Å². The molecule has 23 heavy (non-hydrogen) atoms. The number of hydrogen-bond donors (Lipinski definition) is 1. The highest BCUT2D eigenvalue weighted by Crippen LogP contribution is 2.28. The molecule has 2 rings (SSSR count). The zero-order valence-corrected chi connectivity index (χ0v) is 15.4. The van der Waals surface area contributed by atoms with E-state index in [0.717, 1.165) is 14.2 Å². The normalized spacial score (nSPS) is 10.4. The molecule has 0 bridgehead atoms. The van der Waals surface area contributed by atoms with Crippen molar-refractivity contribution in [1.29, 1.82) is 0 Å². The van der Waals surface area contributed by atoms with Crippen molar-refractivity contribution in [2.24, 2.45) is 0 Å². The standard InChI is InChI=1S/C14H17N3O3S3/c1-19-10-5-4-9(6-11(10)20-2)7-15-12(18)8-22-14-17-16-13(21-3)23-14/h4-6H,7-8H2,1-3H3,(H,15,18). The number of ether oxygens (including phenoxy) is 2. The molecule has 0 saturated carbocycles. The van der Waals surface area contributed by atoms with Crippen LogP contribution in [0.5, 0.6) is 11.5 Å². The van der Waals surface area contributed by atoms with E-state index in [2.05, 4.69) is 15.5 Å². The topological polar surface area (TPSA) is 73.3 Å². The number of hydrogen-bond acceptors (Lipinski definition) is 8. The van der Waals surface area contributed by atoms with Crippen LogP contribution in [0.4, 0.5) is 0 Å². The summed E-state index contributed by atoms with van der Waals surface area (Å²) in [7, 11) is 3.17.